The second kappa shape index (κ2) is 7.55. The summed E-state index contributed by atoms with van der Waals surface area (Å²) in [5.41, 5.74) is 0. The lowest BCUT2D eigenvalue weighted by Gasteiger charge is -2.33. The summed E-state index contributed by atoms with van der Waals surface area (Å²) >= 11 is 0. The smallest absolute Gasteiger partial charge is 0.251 e. The van der Waals surface area contributed by atoms with Crippen molar-refractivity contribution in [3.63, 3.8) is 0 Å². The molecule has 4 nitrogen and oxygen atoms in total. The number of nitrogens with zero attached hydrogens (tertiary/aromatic N) is 1. The Morgan fingerprint density at radius 2 is 2.05 bits per heavy atom. The normalized spacial score (nSPS) is 30.2. The van der Waals surface area contributed by atoms with Gasteiger partial charge in [-0.3, -0.25) is 9.00 Å². The molecular weight excluding hydrogens is 274 g/mol. The summed E-state index contributed by atoms with van der Waals surface area (Å²) in [6, 6.07) is 0. The van der Waals surface area contributed by atoms with Crippen molar-refractivity contribution in [3.8, 4) is 0 Å². The second-order valence-electron chi connectivity index (χ2n) is 6.10. The van der Waals surface area contributed by atoms with Crippen molar-refractivity contribution in [2.24, 2.45) is 5.92 Å². The predicted molar refractivity (Wildman–Crippen MR) is 81.0 cm³/mol. The molecule has 1 saturated heterocycles. The van der Waals surface area contributed by atoms with Crippen LogP contribution in [-0.2, 0) is 20.3 Å². The van der Waals surface area contributed by atoms with E-state index in [1.54, 1.807) is 0 Å². The summed E-state index contributed by atoms with van der Waals surface area (Å²) in [7, 11) is -0.738. The van der Waals surface area contributed by atoms with Gasteiger partial charge in [-0.05, 0) is 25.2 Å². The minimum atomic E-state index is -0.738. The van der Waals surface area contributed by atoms with Gasteiger partial charge in [0.15, 0.2) is 0 Å². The van der Waals surface area contributed by atoms with Crippen LogP contribution in [0.15, 0.2) is 0 Å². The van der Waals surface area contributed by atoms with Crippen molar-refractivity contribution >= 4 is 16.7 Å². The van der Waals surface area contributed by atoms with E-state index in [0.29, 0.717) is 30.5 Å². The van der Waals surface area contributed by atoms with Gasteiger partial charge in [0.25, 0.3) is 5.91 Å². The number of ether oxygens (including phenoxy) is 1. The summed E-state index contributed by atoms with van der Waals surface area (Å²) in [6.07, 6.45) is 5.31. The van der Waals surface area contributed by atoms with E-state index >= 15 is 0 Å². The first-order valence-electron chi connectivity index (χ1n) is 7.89. The maximum absolute atomic E-state index is 12.5. The van der Waals surface area contributed by atoms with E-state index in [9.17, 15) is 9.00 Å². The van der Waals surface area contributed by atoms with Crippen molar-refractivity contribution in [1.29, 1.82) is 0 Å². The largest absolute Gasteiger partial charge is 0.365 e. The van der Waals surface area contributed by atoms with Crippen LogP contribution in [0.5, 0.6) is 0 Å². The Bertz CT molecular complexity index is 351. The molecule has 0 aromatic carbocycles. The number of carbonyl (C=O) groups is 1. The highest BCUT2D eigenvalue weighted by Crippen LogP contribution is 2.27. The Labute approximate surface area is 124 Å². The minimum absolute atomic E-state index is 0.0995. The highest BCUT2D eigenvalue weighted by atomic mass is 32.2. The number of hydrogen-bond donors (Lipinski definition) is 0. The van der Waals surface area contributed by atoms with Gasteiger partial charge in [0.05, 0.1) is 6.10 Å². The van der Waals surface area contributed by atoms with Crippen molar-refractivity contribution in [3.05, 3.63) is 0 Å². The SMILES string of the molecule is CC[C@H](O[C@H]1CCC[C@@H](C)C1)C(=O)N1CCS(=O)CC1. The summed E-state index contributed by atoms with van der Waals surface area (Å²) < 4.78 is 17.5. The molecule has 0 N–H and O–H groups in total. The first-order chi connectivity index (χ1) is 9.60. The third-order valence-electron chi connectivity index (χ3n) is 4.38. The first kappa shape index (κ1) is 16.0. The van der Waals surface area contributed by atoms with Crippen LogP contribution in [0.25, 0.3) is 0 Å². The van der Waals surface area contributed by atoms with Gasteiger partial charge in [-0.25, -0.2) is 0 Å². The average Bonchev–Trinajstić information content (AvgIpc) is 2.45. The summed E-state index contributed by atoms with van der Waals surface area (Å²) in [5.74, 6) is 2.03. The fourth-order valence-corrected chi connectivity index (χ4v) is 4.18. The van der Waals surface area contributed by atoms with Gasteiger partial charge < -0.3 is 9.64 Å². The van der Waals surface area contributed by atoms with Gasteiger partial charge in [0, 0.05) is 35.4 Å². The molecule has 1 amide bonds. The van der Waals surface area contributed by atoms with Gasteiger partial charge in [0.2, 0.25) is 0 Å². The highest BCUT2D eigenvalue weighted by Gasteiger charge is 2.30. The zero-order valence-electron chi connectivity index (χ0n) is 12.7. The van der Waals surface area contributed by atoms with Gasteiger partial charge in [0.1, 0.15) is 6.10 Å². The van der Waals surface area contributed by atoms with Crippen LogP contribution in [0.3, 0.4) is 0 Å². The summed E-state index contributed by atoms with van der Waals surface area (Å²) in [5, 5.41) is 0. The zero-order chi connectivity index (χ0) is 14.5. The fraction of sp³-hybridized carbons (Fsp3) is 0.933. The molecular formula is C15H27NO3S. The van der Waals surface area contributed by atoms with Crippen LogP contribution in [0.4, 0.5) is 0 Å². The van der Waals surface area contributed by atoms with Crippen LogP contribution in [-0.4, -0.2) is 51.8 Å². The van der Waals surface area contributed by atoms with E-state index in [1.165, 1.54) is 12.8 Å². The Morgan fingerprint density at radius 1 is 1.35 bits per heavy atom. The molecule has 2 fully saturated rings. The van der Waals surface area contributed by atoms with E-state index in [4.69, 9.17) is 4.74 Å². The molecule has 1 aliphatic carbocycles. The molecule has 0 unspecified atom stereocenters. The number of amides is 1. The topological polar surface area (TPSA) is 46.6 Å². The number of rotatable bonds is 4. The van der Waals surface area contributed by atoms with Gasteiger partial charge in [-0.2, -0.15) is 0 Å². The second-order valence-corrected chi connectivity index (χ2v) is 7.80. The molecule has 2 aliphatic rings. The quantitative estimate of drug-likeness (QED) is 0.797. The lowest BCUT2D eigenvalue weighted by Crippen LogP contribution is -2.48. The molecule has 116 valence electrons. The standard InChI is InChI=1S/C15H27NO3S/c1-3-14(19-13-6-4-5-12(2)11-13)15(17)16-7-9-20(18)10-8-16/h12-14H,3-11H2,1-2H3/t12-,13+,14+/m1/s1. The van der Waals surface area contributed by atoms with E-state index in [-0.39, 0.29) is 18.1 Å². The van der Waals surface area contributed by atoms with E-state index in [2.05, 4.69) is 6.92 Å². The Kier molecular flexibility index (Phi) is 6.02. The van der Waals surface area contributed by atoms with Crippen molar-refractivity contribution in [1.82, 2.24) is 4.90 Å². The zero-order valence-corrected chi connectivity index (χ0v) is 13.5. The predicted octanol–water partition coefficient (Wildman–Crippen LogP) is 1.95. The third-order valence-corrected chi connectivity index (χ3v) is 5.66. The Balaban J connectivity index is 1.86. The third kappa shape index (κ3) is 4.29. The van der Waals surface area contributed by atoms with Gasteiger partial charge >= 0.3 is 0 Å². The van der Waals surface area contributed by atoms with Gasteiger partial charge in [-0.15, -0.1) is 0 Å². The molecule has 1 saturated carbocycles. The van der Waals surface area contributed by atoms with E-state index < -0.39 is 10.8 Å². The summed E-state index contributed by atoms with van der Waals surface area (Å²) in [4.78, 5) is 14.3. The molecule has 1 heterocycles. The maximum atomic E-state index is 12.5. The Morgan fingerprint density at radius 3 is 2.65 bits per heavy atom. The van der Waals surface area contributed by atoms with Crippen molar-refractivity contribution < 1.29 is 13.7 Å². The molecule has 5 heteroatoms. The molecule has 0 spiro atoms. The lowest BCUT2D eigenvalue weighted by atomic mass is 9.88. The molecule has 0 bridgehead atoms. The van der Waals surface area contributed by atoms with E-state index in [1.807, 2.05) is 11.8 Å². The van der Waals surface area contributed by atoms with Crippen LogP contribution in [0.2, 0.25) is 0 Å². The van der Waals surface area contributed by atoms with Gasteiger partial charge in [-0.1, -0.05) is 26.7 Å². The van der Waals surface area contributed by atoms with Crippen molar-refractivity contribution in [2.75, 3.05) is 24.6 Å². The first-order valence-corrected chi connectivity index (χ1v) is 9.38. The number of carbonyl (C=O) groups excluding carboxylic acids is 1. The lowest BCUT2D eigenvalue weighted by molar-refractivity contribution is -0.149. The van der Waals surface area contributed by atoms with Crippen LogP contribution in [0, 0.1) is 5.92 Å². The van der Waals surface area contributed by atoms with Crippen LogP contribution in [0.1, 0.15) is 46.0 Å². The molecule has 3 atom stereocenters. The van der Waals surface area contributed by atoms with E-state index in [0.717, 1.165) is 19.3 Å². The average molecular weight is 301 g/mol. The Hall–Kier alpha value is -0.420. The molecule has 0 aromatic rings. The van der Waals surface area contributed by atoms with Crippen molar-refractivity contribution in [2.45, 2.75) is 58.2 Å². The highest BCUT2D eigenvalue weighted by molar-refractivity contribution is 7.85. The summed E-state index contributed by atoms with van der Waals surface area (Å²) in [6.45, 7) is 5.51. The monoisotopic (exact) mass is 301 g/mol. The minimum Gasteiger partial charge on any atom is -0.365 e. The van der Waals surface area contributed by atoms with Crippen LogP contribution >= 0.6 is 0 Å². The van der Waals surface area contributed by atoms with Crippen LogP contribution < -0.4 is 0 Å². The number of hydrogen-bond acceptors (Lipinski definition) is 3. The molecule has 0 radical (unpaired) electrons. The fourth-order valence-electron chi connectivity index (χ4n) is 3.13. The maximum Gasteiger partial charge on any atom is 0.251 e. The molecule has 20 heavy (non-hydrogen) atoms. The molecule has 1 aliphatic heterocycles. The molecule has 2 rings (SSSR count). The molecule has 0 aromatic heterocycles.